The Hall–Kier alpha value is -3.15. The van der Waals surface area contributed by atoms with Gasteiger partial charge in [-0.05, 0) is 79.9 Å². The van der Waals surface area contributed by atoms with Crippen LogP contribution in [0.5, 0.6) is 0 Å². The minimum Gasteiger partial charge on any atom is -0.360 e. The summed E-state index contributed by atoms with van der Waals surface area (Å²) in [5.41, 5.74) is 3.40. The summed E-state index contributed by atoms with van der Waals surface area (Å²) in [6.45, 7) is 11.8. The molecule has 0 saturated carbocycles. The van der Waals surface area contributed by atoms with Crippen LogP contribution in [-0.4, -0.2) is 5.78 Å². The van der Waals surface area contributed by atoms with Crippen LogP contribution in [-0.2, 0) is 15.9 Å². The van der Waals surface area contributed by atoms with Crippen LogP contribution < -0.4 is 0 Å². The molecule has 0 saturated heterocycles. The van der Waals surface area contributed by atoms with E-state index in [0.717, 1.165) is 22.1 Å². The Kier molecular flexibility index (Phi) is 4.45. The van der Waals surface area contributed by atoms with E-state index >= 15 is 0 Å². The number of hydrogen-bond donors (Lipinski definition) is 0. The Morgan fingerprint density at radius 1 is 0.897 bits per heavy atom. The molecule has 144 valence electrons. The van der Waals surface area contributed by atoms with Gasteiger partial charge in [0.1, 0.15) is 0 Å². The number of rotatable bonds is 2. The molecule has 0 N–H and O–H groups in total. The van der Waals surface area contributed by atoms with E-state index in [1.165, 1.54) is 11.5 Å². The second-order valence-corrected chi connectivity index (χ2v) is 8.45. The van der Waals surface area contributed by atoms with Gasteiger partial charge in [0.05, 0.1) is 11.2 Å². The number of allylic oxidation sites excluding steroid dienone is 1. The van der Waals surface area contributed by atoms with Crippen molar-refractivity contribution in [1.82, 2.24) is 0 Å². The lowest BCUT2D eigenvalue weighted by Gasteiger charge is -2.24. The largest absolute Gasteiger partial charge is 0.360 e. The van der Waals surface area contributed by atoms with E-state index in [1.54, 1.807) is 0 Å². The van der Waals surface area contributed by atoms with Crippen molar-refractivity contribution in [2.75, 3.05) is 0 Å². The van der Waals surface area contributed by atoms with Crippen LogP contribution in [0.25, 0.3) is 10.8 Å². The lowest BCUT2D eigenvalue weighted by molar-refractivity contribution is -0.105. The van der Waals surface area contributed by atoms with E-state index in [4.69, 9.17) is 4.74 Å². The van der Waals surface area contributed by atoms with Crippen LogP contribution in [0.15, 0.2) is 67.3 Å². The number of ether oxygens (including phenoxy) is 1. The molecule has 0 bridgehead atoms. The Balaban J connectivity index is 1.86. The molecule has 3 aromatic rings. The Bertz CT molecular complexity index is 1220. The van der Waals surface area contributed by atoms with Crippen molar-refractivity contribution in [3.63, 3.8) is 0 Å². The van der Waals surface area contributed by atoms with Crippen LogP contribution in [0.1, 0.15) is 60.3 Å². The zero-order chi connectivity index (χ0) is 20.8. The van der Waals surface area contributed by atoms with Gasteiger partial charge in [-0.2, -0.15) is 0 Å². The molecule has 0 fully saturated rings. The third-order valence-electron chi connectivity index (χ3n) is 5.51. The molecule has 2 nitrogen and oxygen atoms in total. The van der Waals surface area contributed by atoms with Gasteiger partial charge in [-0.1, -0.05) is 48.8 Å². The topological polar surface area (TPSA) is 26.3 Å². The first-order valence-corrected chi connectivity index (χ1v) is 9.78. The van der Waals surface area contributed by atoms with Gasteiger partial charge in [0.25, 0.3) is 0 Å². The fourth-order valence-electron chi connectivity index (χ4n) is 4.17. The van der Waals surface area contributed by atoms with Gasteiger partial charge < -0.3 is 4.74 Å². The molecule has 1 aliphatic rings. The molecule has 0 aliphatic carbocycles. The molecular weight excluding hydrogens is 356 g/mol. The van der Waals surface area contributed by atoms with Crippen molar-refractivity contribution in [2.24, 2.45) is 0 Å². The maximum Gasteiger partial charge on any atom is 0.186 e. The smallest absolute Gasteiger partial charge is 0.186 e. The predicted octanol–water partition coefficient (Wildman–Crippen LogP) is 6.11. The maximum atomic E-state index is 12.6. The van der Waals surface area contributed by atoms with Gasteiger partial charge in [-0.25, -0.2) is 0 Å². The number of hydrogen-bond acceptors (Lipinski definition) is 2. The van der Waals surface area contributed by atoms with E-state index in [0.29, 0.717) is 11.1 Å². The van der Waals surface area contributed by atoms with Gasteiger partial charge >= 0.3 is 0 Å². The normalized spacial score (nSPS) is 16.0. The molecule has 1 aliphatic heterocycles. The summed E-state index contributed by atoms with van der Waals surface area (Å²) in [5.74, 6) is 6.34. The quantitative estimate of drug-likeness (QED) is 0.305. The molecule has 0 radical (unpaired) electrons. The van der Waals surface area contributed by atoms with Gasteiger partial charge in [0.15, 0.2) is 5.78 Å². The van der Waals surface area contributed by atoms with E-state index in [1.807, 2.05) is 44.2 Å². The van der Waals surface area contributed by atoms with Crippen LogP contribution >= 0.6 is 0 Å². The lowest BCUT2D eigenvalue weighted by atomic mass is 9.86. The van der Waals surface area contributed by atoms with Crippen LogP contribution in [0.4, 0.5) is 0 Å². The fraction of sp³-hybridized carbons (Fsp3) is 0.222. The molecule has 4 rings (SSSR count). The molecule has 3 aromatic carbocycles. The number of ketones is 1. The fourth-order valence-corrected chi connectivity index (χ4v) is 4.17. The highest BCUT2D eigenvalue weighted by Crippen LogP contribution is 2.47. The zero-order valence-electron chi connectivity index (χ0n) is 17.3. The van der Waals surface area contributed by atoms with Crippen LogP contribution in [0, 0.1) is 11.8 Å². The van der Waals surface area contributed by atoms with E-state index in [9.17, 15) is 4.79 Å². The number of benzene rings is 3. The molecule has 0 aromatic heterocycles. The average molecular weight is 380 g/mol. The summed E-state index contributed by atoms with van der Waals surface area (Å²) in [6, 6.07) is 18.3. The summed E-state index contributed by atoms with van der Waals surface area (Å²) >= 11 is 0. The van der Waals surface area contributed by atoms with Crippen LogP contribution in [0.2, 0.25) is 0 Å². The molecule has 2 heteroatoms. The molecular formula is C27H24O2. The molecule has 0 atom stereocenters. The summed E-state index contributed by atoms with van der Waals surface area (Å²) in [7, 11) is 0. The predicted molar refractivity (Wildman–Crippen MR) is 118 cm³/mol. The van der Waals surface area contributed by atoms with Crippen molar-refractivity contribution < 1.29 is 9.53 Å². The minimum absolute atomic E-state index is 0.129. The third-order valence-corrected chi connectivity index (χ3v) is 5.51. The Morgan fingerprint density at radius 2 is 1.55 bits per heavy atom. The molecule has 0 unspecified atom stereocenters. The second-order valence-electron chi connectivity index (χ2n) is 8.45. The van der Waals surface area contributed by atoms with E-state index < -0.39 is 11.2 Å². The first-order valence-electron chi connectivity index (χ1n) is 9.78. The van der Waals surface area contributed by atoms with Gasteiger partial charge in [-0.3, -0.25) is 4.79 Å². The number of carbonyl (C=O) groups excluding carboxylic acids is 1. The highest BCUT2D eigenvalue weighted by Gasteiger charge is 2.43. The zero-order valence-corrected chi connectivity index (χ0v) is 17.3. The van der Waals surface area contributed by atoms with Gasteiger partial charge in [0, 0.05) is 16.7 Å². The highest BCUT2D eigenvalue weighted by atomic mass is 16.5. The summed E-state index contributed by atoms with van der Waals surface area (Å²) < 4.78 is 6.26. The highest BCUT2D eigenvalue weighted by molar-refractivity contribution is 6.06. The average Bonchev–Trinajstić information content (AvgIpc) is 2.88. The van der Waals surface area contributed by atoms with Crippen molar-refractivity contribution >= 4 is 16.6 Å². The molecule has 1 heterocycles. The summed E-state index contributed by atoms with van der Waals surface area (Å²) in [5, 5.41) is 2.33. The summed E-state index contributed by atoms with van der Waals surface area (Å²) in [6.07, 6.45) is 1.34. The van der Waals surface area contributed by atoms with Gasteiger partial charge in [-0.15, -0.1) is 0 Å². The van der Waals surface area contributed by atoms with Crippen molar-refractivity contribution in [3.8, 4) is 11.8 Å². The van der Waals surface area contributed by atoms with Crippen molar-refractivity contribution in [1.29, 1.82) is 0 Å². The SMILES string of the molecule is C=CC(=O)c1cc2c(cc1C#Cc1ccc3ccccc3c1)C(C)(C)OC2(C)C. The van der Waals surface area contributed by atoms with Crippen molar-refractivity contribution in [3.05, 3.63) is 95.1 Å². The van der Waals surface area contributed by atoms with E-state index in [-0.39, 0.29) is 5.78 Å². The summed E-state index contributed by atoms with van der Waals surface area (Å²) in [4.78, 5) is 12.6. The maximum absolute atomic E-state index is 12.6. The number of carbonyl (C=O) groups is 1. The Morgan fingerprint density at radius 3 is 2.24 bits per heavy atom. The monoisotopic (exact) mass is 380 g/mol. The van der Waals surface area contributed by atoms with E-state index in [2.05, 4.69) is 56.5 Å². The van der Waals surface area contributed by atoms with Gasteiger partial charge in [0.2, 0.25) is 0 Å². The first-order chi connectivity index (χ1) is 13.7. The van der Waals surface area contributed by atoms with Crippen LogP contribution in [0.3, 0.4) is 0 Å². The minimum atomic E-state index is -0.459. The molecule has 0 amide bonds. The second kappa shape index (κ2) is 6.72. The first kappa shape index (κ1) is 19.2. The third kappa shape index (κ3) is 3.39. The standard InChI is InChI=1S/C27H24O2/c1-6-25(28)22-17-24-23(26(2,3)29-27(24,4)5)16-21(22)14-12-18-11-13-19-9-7-8-10-20(19)15-18/h6-11,13,15-17H,1H2,2-5H3. The lowest BCUT2D eigenvalue weighted by Crippen LogP contribution is -2.22. The molecule has 0 spiro atoms. The Labute approximate surface area is 172 Å². The molecule has 29 heavy (non-hydrogen) atoms. The number of fused-ring (bicyclic) bond motifs is 2. The van der Waals surface area contributed by atoms with Crippen molar-refractivity contribution in [2.45, 2.75) is 38.9 Å².